The summed E-state index contributed by atoms with van der Waals surface area (Å²) in [7, 11) is 0. The molecule has 0 amide bonds. The molecular formula is C13H12O4. The zero-order chi connectivity index (χ0) is 12.3. The SMILES string of the molecule is O=C1C[C@H](C(=O)O)[C@@H](/C=C/c2ccccc2)O1. The second-order valence-corrected chi connectivity index (χ2v) is 3.87. The Balaban J connectivity index is 2.10. The van der Waals surface area contributed by atoms with Crippen molar-refractivity contribution in [3.05, 3.63) is 42.0 Å². The minimum Gasteiger partial charge on any atom is -0.481 e. The van der Waals surface area contributed by atoms with Gasteiger partial charge < -0.3 is 9.84 Å². The van der Waals surface area contributed by atoms with E-state index in [2.05, 4.69) is 0 Å². The number of aliphatic carboxylic acids is 1. The van der Waals surface area contributed by atoms with Gasteiger partial charge >= 0.3 is 11.9 Å². The van der Waals surface area contributed by atoms with E-state index in [4.69, 9.17) is 9.84 Å². The van der Waals surface area contributed by atoms with Crippen LogP contribution in [0.2, 0.25) is 0 Å². The van der Waals surface area contributed by atoms with Gasteiger partial charge in [-0.15, -0.1) is 0 Å². The average Bonchev–Trinajstić information content (AvgIpc) is 2.69. The van der Waals surface area contributed by atoms with Crippen LogP contribution in [0.15, 0.2) is 36.4 Å². The molecular weight excluding hydrogens is 220 g/mol. The Kier molecular flexibility index (Phi) is 3.23. The molecule has 1 N–H and O–H groups in total. The van der Waals surface area contributed by atoms with Gasteiger partial charge in [0.1, 0.15) is 12.0 Å². The smallest absolute Gasteiger partial charge is 0.311 e. The fraction of sp³-hybridized carbons (Fsp3) is 0.231. The number of esters is 1. The van der Waals surface area contributed by atoms with Crippen molar-refractivity contribution in [3.8, 4) is 0 Å². The molecule has 2 atom stereocenters. The molecule has 0 aliphatic carbocycles. The van der Waals surface area contributed by atoms with Gasteiger partial charge in [-0.05, 0) is 11.6 Å². The monoisotopic (exact) mass is 232 g/mol. The Bertz CT molecular complexity index is 450. The first-order valence-corrected chi connectivity index (χ1v) is 5.32. The summed E-state index contributed by atoms with van der Waals surface area (Å²) in [5, 5.41) is 8.93. The zero-order valence-electron chi connectivity index (χ0n) is 9.08. The van der Waals surface area contributed by atoms with Crippen molar-refractivity contribution >= 4 is 18.0 Å². The fourth-order valence-corrected chi connectivity index (χ4v) is 1.75. The van der Waals surface area contributed by atoms with Crippen LogP contribution in [0, 0.1) is 5.92 Å². The van der Waals surface area contributed by atoms with Gasteiger partial charge in [-0.2, -0.15) is 0 Å². The van der Waals surface area contributed by atoms with E-state index in [-0.39, 0.29) is 6.42 Å². The van der Waals surface area contributed by atoms with Crippen molar-refractivity contribution in [1.82, 2.24) is 0 Å². The normalized spacial score (nSPS) is 23.9. The highest BCUT2D eigenvalue weighted by molar-refractivity contribution is 5.83. The lowest BCUT2D eigenvalue weighted by molar-refractivity contribution is -0.142. The molecule has 1 aliphatic rings. The number of benzene rings is 1. The number of carboxylic acid groups (broad SMARTS) is 1. The van der Waals surface area contributed by atoms with Crippen LogP contribution < -0.4 is 0 Å². The first-order chi connectivity index (χ1) is 8.16. The van der Waals surface area contributed by atoms with E-state index in [1.807, 2.05) is 30.3 Å². The minimum atomic E-state index is -1.00. The number of carbonyl (C=O) groups is 2. The number of cyclic esters (lactones) is 1. The van der Waals surface area contributed by atoms with Crippen molar-refractivity contribution < 1.29 is 19.4 Å². The van der Waals surface area contributed by atoms with Crippen LogP contribution in [-0.4, -0.2) is 23.1 Å². The summed E-state index contributed by atoms with van der Waals surface area (Å²) >= 11 is 0. The maximum Gasteiger partial charge on any atom is 0.311 e. The number of hydrogen-bond donors (Lipinski definition) is 1. The summed E-state index contributed by atoms with van der Waals surface area (Å²) in [5.41, 5.74) is 0.944. The molecule has 0 spiro atoms. The first-order valence-electron chi connectivity index (χ1n) is 5.32. The molecule has 17 heavy (non-hydrogen) atoms. The number of rotatable bonds is 3. The van der Waals surface area contributed by atoms with Crippen LogP contribution in [0.4, 0.5) is 0 Å². The lowest BCUT2D eigenvalue weighted by Crippen LogP contribution is -2.21. The molecule has 1 saturated heterocycles. The summed E-state index contributed by atoms with van der Waals surface area (Å²) in [6.45, 7) is 0. The van der Waals surface area contributed by atoms with E-state index in [0.29, 0.717) is 0 Å². The van der Waals surface area contributed by atoms with E-state index in [0.717, 1.165) is 5.56 Å². The third-order valence-corrected chi connectivity index (χ3v) is 2.65. The third kappa shape index (κ3) is 2.72. The van der Waals surface area contributed by atoms with Gasteiger partial charge in [0.2, 0.25) is 0 Å². The average molecular weight is 232 g/mol. The van der Waals surface area contributed by atoms with Crippen LogP contribution >= 0.6 is 0 Å². The van der Waals surface area contributed by atoms with E-state index in [1.54, 1.807) is 12.2 Å². The van der Waals surface area contributed by atoms with Crippen molar-refractivity contribution in [2.24, 2.45) is 5.92 Å². The van der Waals surface area contributed by atoms with Gasteiger partial charge in [0, 0.05) is 0 Å². The summed E-state index contributed by atoms with van der Waals surface area (Å²) in [6, 6.07) is 9.45. The highest BCUT2D eigenvalue weighted by Crippen LogP contribution is 2.24. The molecule has 1 aromatic carbocycles. The number of carbonyl (C=O) groups excluding carboxylic acids is 1. The van der Waals surface area contributed by atoms with Gasteiger partial charge in [-0.3, -0.25) is 9.59 Å². The third-order valence-electron chi connectivity index (χ3n) is 2.65. The van der Waals surface area contributed by atoms with Crippen molar-refractivity contribution in [3.63, 3.8) is 0 Å². The molecule has 0 radical (unpaired) electrons. The predicted molar refractivity (Wildman–Crippen MR) is 61.1 cm³/mol. The molecule has 1 fully saturated rings. The molecule has 1 heterocycles. The molecule has 0 saturated carbocycles. The van der Waals surface area contributed by atoms with E-state index in [1.165, 1.54) is 0 Å². The number of hydrogen-bond acceptors (Lipinski definition) is 3. The highest BCUT2D eigenvalue weighted by Gasteiger charge is 2.38. The van der Waals surface area contributed by atoms with Crippen LogP contribution in [0.1, 0.15) is 12.0 Å². The predicted octanol–water partition coefficient (Wildman–Crippen LogP) is 1.72. The van der Waals surface area contributed by atoms with Crippen molar-refractivity contribution in [1.29, 1.82) is 0 Å². The maximum absolute atomic E-state index is 11.1. The van der Waals surface area contributed by atoms with Gasteiger partial charge in [-0.25, -0.2) is 0 Å². The minimum absolute atomic E-state index is 0.0564. The van der Waals surface area contributed by atoms with Gasteiger partial charge in [0.15, 0.2) is 0 Å². The summed E-state index contributed by atoms with van der Waals surface area (Å²) in [4.78, 5) is 22.0. The Morgan fingerprint density at radius 3 is 2.71 bits per heavy atom. The van der Waals surface area contributed by atoms with E-state index >= 15 is 0 Å². The maximum atomic E-state index is 11.1. The molecule has 0 unspecified atom stereocenters. The molecule has 0 aromatic heterocycles. The molecule has 1 aliphatic heterocycles. The van der Waals surface area contributed by atoms with E-state index in [9.17, 15) is 9.59 Å². The zero-order valence-corrected chi connectivity index (χ0v) is 9.08. The largest absolute Gasteiger partial charge is 0.481 e. The lowest BCUT2D eigenvalue weighted by atomic mass is 10.0. The summed E-state index contributed by atoms with van der Waals surface area (Å²) in [5.74, 6) is -2.24. The molecule has 0 bridgehead atoms. The number of carboxylic acids is 1. The Morgan fingerprint density at radius 2 is 2.06 bits per heavy atom. The van der Waals surface area contributed by atoms with Crippen LogP contribution in [-0.2, 0) is 14.3 Å². The summed E-state index contributed by atoms with van der Waals surface area (Å²) < 4.78 is 4.95. The summed E-state index contributed by atoms with van der Waals surface area (Å²) in [6.07, 6.45) is 2.66. The Hall–Kier alpha value is -2.10. The highest BCUT2D eigenvalue weighted by atomic mass is 16.6. The second kappa shape index (κ2) is 4.82. The second-order valence-electron chi connectivity index (χ2n) is 3.87. The van der Waals surface area contributed by atoms with Gasteiger partial charge in [0.25, 0.3) is 0 Å². The topological polar surface area (TPSA) is 63.6 Å². The number of ether oxygens (including phenoxy) is 1. The lowest BCUT2D eigenvalue weighted by Gasteiger charge is -2.08. The van der Waals surface area contributed by atoms with Crippen LogP contribution in [0.3, 0.4) is 0 Å². The molecule has 2 rings (SSSR count). The van der Waals surface area contributed by atoms with Gasteiger partial charge in [-0.1, -0.05) is 36.4 Å². The Labute approximate surface area is 98.5 Å². The molecule has 4 nitrogen and oxygen atoms in total. The van der Waals surface area contributed by atoms with E-state index < -0.39 is 24.0 Å². The standard InChI is InChI=1S/C13H12O4/c14-12-8-10(13(15)16)11(17-12)7-6-9-4-2-1-3-5-9/h1-7,10-11H,8H2,(H,15,16)/b7-6+/t10-,11+/m0/s1. The Morgan fingerprint density at radius 1 is 1.35 bits per heavy atom. The van der Waals surface area contributed by atoms with Crippen LogP contribution in [0.25, 0.3) is 6.08 Å². The van der Waals surface area contributed by atoms with Gasteiger partial charge in [0.05, 0.1) is 6.42 Å². The quantitative estimate of drug-likeness (QED) is 0.806. The molecule has 1 aromatic rings. The van der Waals surface area contributed by atoms with Crippen LogP contribution in [0.5, 0.6) is 0 Å². The first kappa shape index (κ1) is 11.4. The fourth-order valence-electron chi connectivity index (χ4n) is 1.75. The molecule has 4 heteroatoms. The van der Waals surface area contributed by atoms with Crippen molar-refractivity contribution in [2.75, 3.05) is 0 Å². The molecule has 88 valence electrons. The van der Waals surface area contributed by atoms with Crippen molar-refractivity contribution in [2.45, 2.75) is 12.5 Å².